The quantitative estimate of drug-likeness (QED) is 0.290. The maximum atomic E-state index is 15.1. The number of hydrogen-bond donors (Lipinski definition) is 0. The van der Waals surface area contributed by atoms with Crippen LogP contribution in [0.1, 0.15) is 68.6 Å². The minimum Gasteiger partial charge on any atom is -0.490 e. The van der Waals surface area contributed by atoms with Gasteiger partial charge in [0.2, 0.25) is 5.82 Å². The molecule has 0 radical (unpaired) electrons. The van der Waals surface area contributed by atoms with Crippen molar-refractivity contribution in [2.45, 2.75) is 64.7 Å². The van der Waals surface area contributed by atoms with Gasteiger partial charge in [-0.3, -0.25) is 0 Å². The number of halogens is 4. The maximum absolute atomic E-state index is 15.1. The highest BCUT2D eigenvalue weighted by Gasteiger charge is 2.27. The summed E-state index contributed by atoms with van der Waals surface area (Å²) in [5.74, 6) is -3.36. The molecule has 3 aromatic rings. The highest BCUT2D eigenvalue weighted by Crippen LogP contribution is 2.39. The Kier molecular flexibility index (Phi) is 8.15. The van der Waals surface area contributed by atoms with Crippen LogP contribution < -0.4 is 4.74 Å². The number of ether oxygens (including phenoxy) is 1. The van der Waals surface area contributed by atoms with E-state index in [1.165, 1.54) is 11.6 Å². The summed E-state index contributed by atoms with van der Waals surface area (Å²) in [6, 6.07) is 14.0. The Morgan fingerprint density at radius 3 is 2.11 bits per heavy atom. The van der Waals surface area contributed by atoms with Gasteiger partial charge >= 0.3 is 0 Å². The first-order chi connectivity index (χ1) is 16.9. The zero-order valence-corrected chi connectivity index (χ0v) is 20.4. The van der Waals surface area contributed by atoms with Crippen LogP contribution in [0.3, 0.4) is 0 Å². The van der Waals surface area contributed by atoms with Gasteiger partial charge in [-0.25, -0.2) is 13.2 Å². The van der Waals surface area contributed by atoms with Gasteiger partial charge in [0.05, 0.1) is 6.61 Å². The molecule has 0 aromatic heterocycles. The van der Waals surface area contributed by atoms with E-state index in [1.54, 1.807) is 25.1 Å². The second kappa shape index (κ2) is 11.3. The lowest BCUT2D eigenvalue weighted by molar-refractivity contribution is 0.191. The molecule has 5 heteroatoms. The fraction of sp³-hybridized carbons (Fsp3) is 0.400. The molecular formula is C30H32F4O. The van der Waals surface area contributed by atoms with Crippen LogP contribution in [0.4, 0.5) is 17.6 Å². The Morgan fingerprint density at radius 2 is 1.46 bits per heavy atom. The largest absolute Gasteiger partial charge is 0.490 e. The lowest BCUT2D eigenvalue weighted by Crippen LogP contribution is -2.20. The second-order valence-electron chi connectivity index (χ2n) is 9.51. The van der Waals surface area contributed by atoms with Crippen molar-refractivity contribution in [2.24, 2.45) is 5.92 Å². The summed E-state index contributed by atoms with van der Waals surface area (Å²) < 4.78 is 63.8. The molecule has 1 aliphatic rings. The normalized spacial score (nSPS) is 18.0. The van der Waals surface area contributed by atoms with Gasteiger partial charge in [-0.15, -0.1) is 0 Å². The van der Waals surface area contributed by atoms with E-state index in [4.69, 9.17) is 4.74 Å². The molecule has 0 unspecified atom stereocenters. The monoisotopic (exact) mass is 484 g/mol. The number of rotatable bonds is 8. The maximum Gasteiger partial charge on any atom is 0.200 e. The standard InChI is InChI=1S/C30H32F4O/c1-3-5-19-6-10-22(11-7-19)24-15-16-25(29(33)28(24)32)23-12-8-20(9-13-23)18-35-26-17-14-21(4-2)27(31)30(26)34/h6-7,10-11,14-17,20,23H,3-5,8-9,12-13,18H2,1-2H3. The molecule has 1 aliphatic carbocycles. The predicted octanol–water partition coefficient (Wildman–Crippen LogP) is 8.78. The molecule has 0 spiro atoms. The van der Waals surface area contributed by atoms with Gasteiger partial charge < -0.3 is 4.74 Å². The van der Waals surface area contributed by atoms with E-state index in [-0.39, 0.29) is 29.8 Å². The molecule has 0 bridgehead atoms. The van der Waals surface area contributed by atoms with Crippen LogP contribution in [-0.4, -0.2) is 6.61 Å². The van der Waals surface area contributed by atoms with Gasteiger partial charge in [0.15, 0.2) is 23.2 Å². The first-order valence-electron chi connectivity index (χ1n) is 12.6. The summed E-state index contributed by atoms with van der Waals surface area (Å²) in [5.41, 5.74) is 2.87. The third-order valence-electron chi connectivity index (χ3n) is 7.18. The average molecular weight is 485 g/mol. The van der Waals surface area contributed by atoms with Crippen LogP contribution in [0, 0.1) is 29.2 Å². The molecule has 0 saturated heterocycles. The van der Waals surface area contributed by atoms with Crippen molar-refractivity contribution in [1.29, 1.82) is 0 Å². The van der Waals surface area contributed by atoms with Gasteiger partial charge in [-0.2, -0.15) is 4.39 Å². The molecule has 186 valence electrons. The van der Waals surface area contributed by atoms with Crippen LogP contribution in [0.5, 0.6) is 5.75 Å². The Bertz CT molecular complexity index is 1150. The van der Waals surface area contributed by atoms with Crippen molar-refractivity contribution < 1.29 is 22.3 Å². The molecule has 0 amide bonds. The fourth-order valence-corrected chi connectivity index (χ4v) is 5.05. The molecule has 1 saturated carbocycles. The zero-order chi connectivity index (χ0) is 24.9. The van der Waals surface area contributed by atoms with Crippen molar-refractivity contribution >= 4 is 0 Å². The van der Waals surface area contributed by atoms with Crippen LogP contribution >= 0.6 is 0 Å². The second-order valence-corrected chi connectivity index (χ2v) is 9.51. The van der Waals surface area contributed by atoms with Gasteiger partial charge in [-0.05, 0) is 78.7 Å². The third-order valence-corrected chi connectivity index (χ3v) is 7.18. The van der Waals surface area contributed by atoms with E-state index in [0.29, 0.717) is 36.0 Å². The van der Waals surface area contributed by atoms with Gasteiger partial charge in [-0.1, -0.05) is 62.7 Å². The van der Waals surface area contributed by atoms with Crippen molar-refractivity contribution in [2.75, 3.05) is 6.61 Å². The molecule has 0 heterocycles. The minimum absolute atomic E-state index is 0.0697. The van der Waals surface area contributed by atoms with Crippen molar-refractivity contribution in [3.05, 3.63) is 88.5 Å². The number of hydrogen-bond acceptors (Lipinski definition) is 1. The predicted molar refractivity (Wildman–Crippen MR) is 132 cm³/mol. The Morgan fingerprint density at radius 1 is 0.743 bits per heavy atom. The zero-order valence-electron chi connectivity index (χ0n) is 20.4. The third kappa shape index (κ3) is 5.55. The summed E-state index contributed by atoms with van der Waals surface area (Å²) >= 11 is 0. The molecule has 0 N–H and O–H groups in total. The SMILES string of the molecule is CCCc1ccc(-c2ccc(C3CCC(COc4ccc(CC)c(F)c4F)CC3)c(F)c2F)cc1. The molecule has 1 nitrogen and oxygen atoms in total. The van der Waals surface area contributed by atoms with Crippen molar-refractivity contribution in [1.82, 2.24) is 0 Å². The summed E-state index contributed by atoms with van der Waals surface area (Å²) in [6.45, 7) is 4.15. The van der Waals surface area contributed by atoms with E-state index in [1.807, 2.05) is 24.3 Å². The Labute approximate surface area is 205 Å². The van der Waals surface area contributed by atoms with Crippen LogP contribution in [0.25, 0.3) is 11.1 Å². The lowest BCUT2D eigenvalue weighted by atomic mass is 9.78. The molecule has 0 atom stereocenters. The summed E-state index contributed by atoms with van der Waals surface area (Å²) in [6.07, 6.45) is 5.30. The topological polar surface area (TPSA) is 9.23 Å². The van der Waals surface area contributed by atoms with E-state index in [9.17, 15) is 13.2 Å². The van der Waals surface area contributed by atoms with Gasteiger partial charge in [0.25, 0.3) is 0 Å². The van der Waals surface area contributed by atoms with E-state index < -0.39 is 23.3 Å². The van der Waals surface area contributed by atoms with Crippen molar-refractivity contribution in [3.63, 3.8) is 0 Å². The van der Waals surface area contributed by atoms with E-state index >= 15 is 4.39 Å². The van der Waals surface area contributed by atoms with E-state index in [0.717, 1.165) is 25.7 Å². The lowest BCUT2D eigenvalue weighted by Gasteiger charge is -2.29. The fourth-order valence-electron chi connectivity index (χ4n) is 5.05. The summed E-state index contributed by atoms with van der Waals surface area (Å²) in [4.78, 5) is 0. The van der Waals surface area contributed by atoms with Gasteiger partial charge in [0, 0.05) is 5.56 Å². The minimum atomic E-state index is -0.948. The van der Waals surface area contributed by atoms with Crippen LogP contribution in [-0.2, 0) is 12.8 Å². The Hall–Kier alpha value is -2.82. The molecule has 0 aliphatic heterocycles. The Balaban J connectivity index is 1.38. The van der Waals surface area contributed by atoms with E-state index in [2.05, 4.69) is 6.92 Å². The molecule has 4 rings (SSSR count). The first kappa shape index (κ1) is 25.3. The number of benzene rings is 3. The van der Waals surface area contributed by atoms with Crippen LogP contribution in [0.2, 0.25) is 0 Å². The first-order valence-corrected chi connectivity index (χ1v) is 12.6. The highest BCUT2D eigenvalue weighted by molar-refractivity contribution is 5.65. The number of aryl methyl sites for hydroxylation is 2. The summed E-state index contributed by atoms with van der Waals surface area (Å²) in [7, 11) is 0. The molecule has 35 heavy (non-hydrogen) atoms. The summed E-state index contributed by atoms with van der Waals surface area (Å²) in [5, 5.41) is 0. The van der Waals surface area contributed by atoms with Gasteiger partial charge in [0.1, 0.15) is 0 Å². The van der Waals surface area contributed by atoms with Crippen LogP contribution in [0.15, 0.2) is 48.5 Å². The highest BCUT2D eigenvalue weighted by atomic mass is 19.2. The smallest absolute Gasteiger partial charge is 0.200 e. The average Bonchev–Trinajstić information content (AvgIpc) is 2.88. The molecule has 1 fully saturated rings. The van der Waals surface area contributed by atoms with Crippen molar-refractivity contribution in [3.8, 4) is 16.9 Å². The molecule has 3 aromatic carbocycles. The molecular weight excluding hydrogens is 452 g/mol.